The van der Waals surface area contributed by atoms with Crippen LogP contribution in [-0.2, 0) is 12.8 Å². The fraction of sp³-hybridized carbons (Fsp3) is 0.222. The van der Waals surface area contributed by atoms with Gasteiger partial charge in [-0.1, -0.05) is 74.5 Å². The molecule has 2 aromatic carbocycles. The van der Waals surface area contributed by atoms with Crippen molar-refractivity contribution >= 4 is 12.2 Å². The van der Waals surface area contributed by atoms with Crippen molar-refractivity contribution in [2.75, 3.05) is 0 Å². The first-order valence-corrected chi connectivity index (χ1v) is 6.67. The summed E-state index contributed by atoms with van der Waals surface area (Å²) >= 11 is 0. The molecule has 2 aromatic rings. The van der Waals surface area contributed by atoms with E-state index in [1.54, 1.807) is 0 Å². The van der Waals surface area contributed by atoms with E-state index in [0.29, 0.717) is 0 Å². The highest BCUT2D eigenvalue weighted by Gasteiger charge is 1.91. The highest BCUT2D eigenvalue weighted by atomic mass is 14.0. The molecule has 0 heterocycles. The molecule has 0 N–H and O–H groups in total. The van der Waals surface area contributed by atoms with Crippen LogP contribution in [0.3, 0.4) is 0 Å². The zero-order chi connectivity index (χ0) is 12.8. The molecule has 0 aliphatic carbocycles. The molecular formula is C18H20. The van der Waals surface area contributed by atoms with Gasteiger partial charge >= 0.3 is 0 Å². The Bertz CT molecular complexity index is 451. The Labute approximate surface area is 110 Å². The predicted molar refractivity (Wildman–Crippen MR) is 80.6 cm³/mol. The lowest BCUT2D eigenvalue weighted by molar-refractivity contribution is 1.14. The Morgan fingerprint density at radius 1 is 0.611 bits per heavy atom. The minimum Gasteiger partial charge on any atom is -0.0613 e. The molecule has 0 saturated carbocycles. The second-order valence-electron chi connectivity index (χ2n) is 4.52. The Morgan fingerprint density at radius 3 is 1.22 bits per heavy atom. The van der Waals surface area contributed by atoms with Crippen molar-refractivity contribution in [1.82, 2.24) is 0 Å². The van der Waals surface area contributed by atoms with Crippen molar-refractivity contribution in [1.29, 1.82) is 0 Å². The van der Waals surface area contributed by atoms with Gasteiger partial charge in [0, 0.05) is 0 Å². The molecule has 0 nitrogen and oxygen atoms in total. The summed E-state index contributed by atoms with van der Waals surface area (Å²) < 4.78 is 0. The minimum atomic E-state index is 1.10. The first-order valence-electron chi connectivity index (χ1n) is 6.67. The zero-order valence-corrected chi connectivity index (χ0v) is 11.2. The first-order chi connectivity index (χ1) is 8.81. The normalized spacial score (nSPS) is 11.0. The van der Waals surface area contributed by atoms with Crippen LogP contribution in [-0.4, -0.2) is 0 Å². The van der Waals surface area contributed by atoms with Crippen LogP contribution in [0.5, 0.6) is 0 Å². The van der Waals surface area contributed by atoms with Gasteiger partial charge in [0.2, 0.25) is 0 Å². The molecule has 0 unspecified atom stereocenters. The van der Waals surface area contributed by atoms with E-state index >= 15 is 0 Å². The van der Waals surface area contributed by atoms with Gasteiger partial charge in [-0.25, -0.2) is 0 Å². The van der Waals surface area contributed by atoms with Crippen molar-refractivity contribution in [2.24, 2.45) is 0 Å². The van der Waals surface area contributed by atoms with Gasteiger partial charge < -0.3 is 0 Å². The molecule has 2 rings (SSSR count). The number of aryl methyl sites for hydroxylation is 2. The SMILES string of the molecule is CCc1ccc(/C=C/c2ccc(CC)cc2)cc1. The summed E-state index contributed by atoms with van der Waals surface area (Å²) in [5.74, 6) is 0. The largest absolute Gasteiger partial charge is 0.0613 e. The maximum Gasteiger partial charge on any atom is -0.0256 e. The van der Waals surface area contributed by atoms with E-state index in [0.717, 1.165) is 12.8 Å². The summed E-state index contributed by atoms with van der Waals surface area (Å²) in [5, 5.41) is 0. The van der Waals surface area contributed by atoms with E-state index in [-0.39, 0.29) is 0 Å². The highest BCUT2D eigenvalue weighted by molar-refractivity contribution is 5.69. The zero-order valence-electron chi connectivity index (χ0n) is 11.2. The molecule has 0 aliphatic rings. The number of benzene rings is 2. The third kappa shape index (κ3) is 3.33. The Morgan fingerprint density at radius 2 is 0.944 bits per heavy atom. The third-order valence-electron chi connectivity index (χ3n) is 3.24. The van der Waals surface area contributed by atoms with Crippen LogP contribution < -0.4 is 0 Å². The van der Waals surface area contributed by atoms with Gasteiger partial charge in [0.25, 0.3) is 0 Å². The van der Waals surface area contributed by atoms with Crippen LogP contribution in [0, 0.1) is 0 Å². The molecule has 0 spiro atoms. The van der Waals surface area contributed by atoms with Crippen molar-refractivity contribution in [3.8, 4) is 0 Å². The maximum absolute atomic E-state index is 2.19. The molecule has 0 bridgehead atoms. The Hall–Kier alpha value is -1.82. The molecule has 0 fully saturated rings. The summed E-state index contributed by atoms with van der Waals surface area (Å²) in [6, 6.07) is 17.5. The van der Waals surface area contributed by atoms with Gasteiger partial charge in [-0.3, -0.25) is 0 Å². The van der Waals surface area contributed by atoms with E-state index in [1.165, 1.54) is 22.3 Å². The van der Waals surface area contributed by atoms with Crippen molar-refractivity contribution < 1.29 is 0 Å². The molecule has 0 aliphatic heterocycles. The summed E-state index contributed by atoms with van der Waals surface area (Å²) in [5.41, 5.74) is 5.29. The van der Waals surface area contributed by atoms with Crippen LogP contribution in [0.4, 0.5) is 0 Å². The van der Waals surface area contributed by atoms with E-state index in [9.17, 15) is 0 Å². The third-order valence-corrected chi connectivity index (χ3v) is 3.24. The molecule has 0 heteroatoms. The second-order valence-corrected chi connectivity index (χ2v) is 4.52. The van der Waals surface area contributed by atoms with E-state index in [4.69, 9.17) is 0 Å². The van der Waals surface area contributed by atoms with Crippen LogP contribution >= 0.6 is 0 Å². The van der Waals surface area contributed by atoms with Gasteiger partial charge in [0.05, 0.1) is 0 Å². The van der Waals surface area contributed by atoms with Crippen LogP contribution in [0.2, 0.25) is 0 Å². The molecule has 0 aromatic heterocycles. The number of hydrogen-bond donors (Lipinski definition) is 0. The Kier molecular flexibility index (Phi) is 4.35. The van der Waals surface area contributed by atoms with Crippen molar-refractivity contribution in [3.63, 3.8) is 0 Å². The van der Waals surface area contributed by atoms with Gasteiger partial charge in [0.15, 0.2) is 0 Å². The van der Waals surface area contributed by atoms with E-state index < -0.39 is 0 Å². The first kappa shape index (κ1) is 12.6. The smallest absolute Gasteiger partial charge is 0.0256 e. The lowest BCUT2D eigenvalue weighted by atomic mass is 10.1. The summed E-state index contributed by atoms with van der Waals surface area (Å²) in [4.78, 5) is 0. The fourth-order valence-electron chi connectivity index (χ4n) is 1.92. The number of hydrogen-bond acceptors (Lipinski definition) is 0. The van der Waals surface area contributed by atoms with Gasteiger partial charge in [-0.15, -0.1) is 0 Å². The van der Waals surface area contributed by atoms with Crippen molar-refractivity contribution in [2.45, 2.75) is 26.7 Å². The molecule has 0 atom stereocenters. The quantitative estimate of drug-likeness (QED) is 0.657. The summed E-state index contributed by atoms with van der Waals surface area (Å²) in [6.07, 6.45) is 6.53. The maximum atomic E-state index is 2.19. The van der Waals surface area contributed by atoms with E-state index in [1.807, 2.05) is 0 Å². The summed E-state index contributed by atoms with van der Waals surface area (Å²) in [6.45, 7) is 4.36. The second kappa shape index (κ2) is 6.20. The molecule has 0 saturated heterocycles. The molecule has 0 amide bonds. The Balaban J connectivity index is 2.08. The predicted octanol–water partition coefficient (Wildman–Crippen LogP) is 4.98. The number of rotatable bonds is 4. The molecule has 18 heavy (non-hydrogen) atoms. The molecule has 92 valence electrons. The van der Waals surface area contributed by atoms with Crippen LogP contribution in [0.1, 0.15) is 36.1 Å². The van der Waals surface area contributed by atoms with Crippen LogP contribution in [0.25, 0.3) is 12.2 Å². The standard InChI is InChI=1S/C18H20/c1-3-15-5-9-17(10-6-15)13-14-18-11-7-16(4-2)8-12-18/h5-14H,3-4H2,1-2H3/b14-13+. The van der Waals surface area contributed by atoms with Crippen LogP contribution in [0.15, 0.2) is 48.5 Å². The van der Waals surface area contributed by atoms with Crippen molar-refractivity contribution in [3.05, 3.63) is 70.8 Å². The summed E-state index contributed by atoms with van der Waals surface area (Å²) in [7, 11) is 0. The highest BCUT2D eigenvalue weighted by Crippen LogP contribution is 2.11. The molecule has 0 radical (unpaired) electrons. The van der Waals surface area contributed by atoms with Gasteiger partial charge in [-0.2, -0.15) is 0 Å². The average Bonchev–Trinajstić information content (AvgIpc) is 2.46. The molecular weight excluding hydrogens is 216 g/mol. The monoisotopic (exact) mass is 236 g/mol. The lowest BCUT2D eigenvalue weighted by Crippen LogP contribution is -1.80. The van der Waals surface area contributed by atoms with Gasteiger partial charge in [-0.05, 0) is 35.1 Å². The minimum absolute atomic E-state index is 1.10. The average molecular weight is 236 g/mol. The van der Waals surface area contributed by atoms with Gasteiger partial charge in [0.1, 0.15) is 0 Å². The lowest BCUT2D eigenvalue weighted by Gasteiger charge is -1.99. The van der Waals surface area contributed by atoms with E-state index in [2.05, 4.69) is 74.5 Å². The fourth-order valence-corrected chi connectivity index (χ4v) is 1.92. The topological polar surface area (TPSA) is 0 Å².